The quantitative estimate of drug-likeness (QED) is 0.881. The van der Waals surface area contributed by atoms with Gasteiger partial charge in [0.25, 0.3) is 0 Å². The predicted octanol–water partition coefficient (Wildman–Crippen LogP) is 3.56. The smallest absolute Gasteiger partial charge is 0.146 e. The van der Waals surface area contributed by atoms with E-state index in [1.165, 1.54) is 38.2 Å². The van der Waals surface area contributed by atoms with E-state index in [1.807, 2.05) is 24.1 Å². The predicted molar refractivity (Wildman–Crippen MR) is 78.9 cm³/mol. The van der Waals surface area contributed by atoms with Crippen LogP contribution < -0.4 is 10.6 Å². The molecule has 1 aromatic rings. The SMILES string of the molecule is CN(CCC1(CN)CCCCC1)c1ccccc1F. The van der Waals surface area contributed by atoms with Gasteiger partial charge in [-0.1, -0.05) is 31.4 Å². The Bertz CT molecular complexity index is 399. The fourth-order valence-electron chi connectivity index (χ4n) is 3.14. The Hall–Kier alpha value is -1.09. The third-order valence-corrected chi connectivity index (χ3v) is 4.59. The topological polar surface area (TPSA) is 29.3 Å². The molecule has 0 bridgehead atoms. The molecule has 0 saturated heterocycles. The molecule has 0 aromatic heterocycles. The van der Waals surface area contributed by atoms with E-state index < -0.39 is 0 Å². The first-order valence-electron chi connectivity index (χ1n) is 7.33. The highest BCUT2D eigenvalue weighted by atomic mass is 19.1. The Morgan fingerprint density at radius 3 is 2.53 bits per heavy atom. The molecule has 3 heteroatoms. The minimum Gasteiger partial charge on any atom is -0.372 e. The molecule has 1 saturated carbocycles. The maximum atomic E-state index is 13.7. The van der Waals surface area contributed by atoms with Crippen LogP contribution in [0.15, 0.2) is 24.3 Å². The van der Waals surface area contributed by atoms with Crippen molar-refractivity contribution >= 4 is 5.69 Å². The fraction of sp³-hybridized carbons (Fsp3) is 0.625. The van der Waals surface area contributed by atoms with Gasteiger partial charge >= 0.3 is 0 Å². The number of hydrogen-bond donors (Lipinski definition) is 1. The zero-order chi connectivity index (χ0) is 13.7. The Morgan fingerprint density at radius 2 is 1.89 bits per heavy atom. The molecule has 2 rings (SSSR count). The fourth-order valence-corrected chi connectivity index (χ4v) is 3.14. The second-order valence-electron chi connectivity index (χ2n) is 5.89. The van der Waals surface area contributed by atoms with Gasteiger partial charge < -0.3 is 10.6 Å². The minimum atomic E-state index is -0.143. The highest BCUT2D eigenvalue weighted by Crippen LogP contribution is 2.38. The van der Waals surface area contributed by atoms with Crippen molar-refractivity contribution in [3.05, 3.63) is 30.1 Å². The molecular weight excluding hydrogens is 239 g/mol. The van der Waals surface area contributed by atoms with E-state index in [0.717, 1.165) is 19.5 Å². The number of anilines is 1. The summed E-state index contributed by atoms with van der Waals surface area (Å²) < 4.78 is 13.7. The number of rotatable bonds is 5. The molecule has 2 nitrogen and oxygen atoms in total. The molecule has 0 aliphatic heterocycles. The van der Waals surface area contributed by atoms with Gasteiger partial charge in [-0.05, 0) is 43.4 Å². The molecule has 0 unspecified atom stereocenters. The lowest BCUT2D eigenvalue weighted by atomic mass is 9.72. The summed E-state index contributed by atoms with van der Waals surface area (Å²) in [6.45, 7) is 1.64. The molecular formula is C16H25FN2. The zero-order valence-electron chi connectivity index (χ0n) is 11.9. The van der Waals surface area contributed by atoms with Gasteiger partial charge in [0.15, 0.2) is 0 Å². The molecule has 1 aliphatic carbocycles. The molecule has 2 N–H and O–H groups in total. The van der Waals surface area contributed by atoms with Gasteiger partial charge in [0.05, 0.1) is 5.69 Å². The average Bonchev–Trinajstić information content (AvgIpc) is 2.46. The second-order valence-corrected chi connectivity index (χ2v) is 5.89. The lowest BCUT2D eigenvalue weighted by Crippen LogP contribution is -2.36. The Morgan fingerprint density at radius 1 is 1.21 bits per heavy atom. The minimum absolute atomic E-state index is 0.143. The van der Waals surface area contributed by atoms with Crippen molar-refractivity contribution in [2.45, 2.75) is 38.5 Å². The van der Waals surface area contributed by atoms with Crippen molar-refractivity contribution in [1.29, 1.82) is 0 Å². The van der Waals surface area contributed by atoms with Crippen molar-refractivity contribution in [3.63, 3.8) is 0 Å². The monoisotopic (exact) mass is 264 g/mol. The summed E-state index contributed by atoms with van der Waals surface area (Å²) >= 11 is 0. The van der Waals surface area contributed by atoms with E-state index in [0.29, 0.717) is 5.69 Å². The van der Waals surface area contributed by atoms with Crippen LogP contribution in [0.5, 0.6) is 0 Å². The summed E-state index contributed by atoms with van der Waals surface area (Å²) in [5, 5.41) is 0. The zero-order valence-corrected chi connectivity index (χ0v) is 11.9. The summed E-state index contributed by atoms with van der Waals surface area (Å²) in [5.74, 6) is -0.143. The standard InChI is InChI=1S/C16H25FN2/c1-19(15-8-4-3-7-14(15)17)12-11-16(13-18)9-5-2-6-10-16/h3-4,7-8H,2,5-6,9-13,18H2,1H3. The molecule has 0 amide bonds. The summed E-state index contributed by atoms with van der Waals surface area (Å²) in [4.78, 5) is 2.02. The van der Waals surface area contributed by atoms with Crippen LogP contribution in [0.4, 0.5) is 10.1 Å². The van der Waals surface area contributed by atoms with E-state index in [2.05, 4.69) is 0 Å². The third kappa shape index (κ3) is 3.47. The van der Waals surface area contributed by atoms with Crippen LogP contribution in [0.3, 0.4) is 0 Å². The van der Waals surface area contributed by atoms with E-state index in [-0.39, 0.29) is 11.2 Å². The lowest BCUT2D eigenvalue weighted by molar-refractivity contribution is 0.185. The number of nitrogens with zero attached hydrogens (tertiary/aromatic N) is 1. The van der Waals surface area contributed by atoms with E-state index in [9.17, 15) is 4.39 Å². The van der Waals surface area contributed by atoms with Gasteiger partial charge in [0.1, 0.15) is 5.82 Å². The van der Waals surface area contributed by atoms with E-state index in [1.54, 1.807) is 6.07 Å². The Labute approximate surface area is 115 Å². The van der Waals surface area contributed by atoms with Crippen LogP contribution >= 0.6 is 0 Å². The van der Waals surface area contributed by atoms with Crippen LogP contribution in [-0.2, 0) is 0 Å². The van der Waals surface area contributed by atoms with E-state index >= 15 is 0 Å². The second kappa shape index (κ2) is 6.38. The van der Waals surface area contributed by atoms with Crippen molar-refractivity contribution in [2.75, 3.05) is 25.0 Å². The molecule has 1 fully saturated rings. The van der Waals surface area contributed by atoms with Crippen LogP contribution in [-0.4, -0.2) is 20.1 Å². The van der Waals surface area contributed by atoms with Crippen LogP contribution in [0.25, 0.3) is 0 Å². The van der Waals surface area contributed by atoms with Crippen LogP contribution in [0.1, 0.15) is 38.5 Å². The van der Waals surface area contributed by atoms with Crippen LogP contribution in [0.2, 0.25) is 0 Å². The van der Waals surface area contributed by atoms with Crippen molar-refractivity contribution in [1.82, 2.24) is 0 Å². The van der Waals surface area contributed by atoms with Gasteiger partial charge in [0.2, 0.25) is 0 Å². The molecule has 0 atom stereocenters. The number of para-hydroxylation sites is 1. The largest absolute Gasteiger partial charge is 0.372 e. The van der Waals surface area contributed by atoms with Gasteiger partial charge in [-0.3, -0.25) is 0 Å². The molecule has 0 spiro atoms. The first-order chi connectivity index (χ1) is 9.17. The maximum Gasteiger partial charge on any atom is 0.146 e. The molecule has 1 aromatic carbocycles. The molecule has 0 radical (unpaired) electrons. The summed E-state index contributed by atoms with van der Waals surface area (Å²) in [7, 11) is 1.96. The highest BCUT2D eigenvalue weighted by molar-refractivity contribution is 5.46. The molecule has 19 heavy (non-hydrogen) atoms. The van der Waals surface area contributed by atoms with Crippen LogP contribution in [0, 0.1) is 11.2 Å². The van der Waals surface area contributed by atoms with Gasteiger partial charge in [-0.25, -0.2) is 4.39 Å². The summed E-state index contributed by atoms with van der Waals surface area (Å²) in [5.41, 5.74) is 6.98. The molecule has 0 heterocycles. The molecule has 1 aliphatic rings. The number of halogens is 1. The first kappa shape index (κ1) is 14.3. The first-order valence-corrected chi connectivity index (χ1v) is 7.33. The Kier molecular flexibility index (Phi) is 4.81. The number of nitrogens with two attached hydrogens (primary N) is 1. The van der Waals surface area contributed by atoms with Gasteiger partial charge in [0, 0.05) is 13.6 Å². The summed E-state index contributed by atoms with van der Waals surface area (Å²) in [6.07, 6.45) is 7.45. The normalized spacial score (nSPS) is 18.3. The van der Waals surface area contributed by atoms with Gasteiger partial charge in [-0.15, -0.1) is 0 Å². The third-order valence-electron chi connectivity index (χ3n) is 4.59. The summed E-state index contributed by atoms with van der Waals surface area (Å²) in [6, 6.07) is 6.97. The Balaban J connectivity index is 1.95. The average molecular weight is 264 g/mol. The highest BCUT2D eigenvalue weighted by Gasteiger charge is 2.30. The van der Waals surface area contributed by atoms with Crippen molar-refractivity contribution in [3.8, 4) is 0 Å². The number of benzene rings is 1. The van der Waals surface area contributed by atoms with Gasteiger partial charge in [-0.2, -0.15) is 0 Å². The maximum absolute atomic E-state index is 13.7. The lowest BCUT2D eigenvalue weighted by Gasteiger charge is -2.37. The van der Waals surface area contributed by atoms with Crippen molar-refractivity contribution < 1.29 is 4.39 Å². The number of hydrogen-bond acceptors (Lipinski definition) is 2. The molecule has 106 valence electrons. The van der Waals surface area contributed by atoms with E-state index in [4.69, 9.17) is 5.73 Å². The van der Waals surface area contributed by atoms with Crippen molar-refractivity contribution in [2.24, 2.45) is 11.1 Å².